The van der Waals surface area contributed by atoms with Crippen molar-refractivity contribution in [2.24, 2.45) is 0 Å². The van der Waals surface area contributed by atoms with E-state index in [-0.39, 0.29) is 42.9 Å². The fourth-order valence-corrected chi connectivity index (χ4v) is 8.07. The van der Waals surface area contributed by atoms with E-state index >= 15 is 4.39 Å². The summed E-state index contributed by atoms with van der Waals surface area (Å²) >= 11 is 0. The van der Waals surface area contributed by atoms with Gasteiger partial charge in [-0.05, 0) is 91.1 Å². The molecule has 5 aromatic rings. The van der Waals surface area contributed by atoms with E-state index in [1.54, 1.807) is 0 Å². The molecule has 13 heteroatoms. The molecule has 1 aromatic heterocycles. The summed E-state index contributed by atoms with van der Waals surface area (Å²) in [5, 5.41) is 6.56. The summed E-state index contributed by atoms with van der Waals surface area (Å²) in [5.41, 5.74) is 3.57. The van der Waals surface area contributed by atoms with Crippen LogP contribution in [0.2, 0.25) is 0 Å². The Kier molecular flexibility index (Phi) is 11.6. The van der Waals surface area contributed by atoms with Crippen LogP contribution in [0.3, 0.4) is 0 Å². The molecule has 2 aliphatic rings. The van der Waals surface area contributed by atoms with Crippen LogP contribution in [0.25, 0.3) is 32.8 Å². The van der Waals surface area contributed by atoms with Gasteiger partial charge in [-0.3, -0.25) is 14.7 Å². The number of aromatic nitrogens is 1. The van der Waals surface area contributed by atoms with Gasteiger partial charge >= 0.3 is 12.1 Å². The Hall–Kier alpha value is -5.11. The van der Waals surface area contributed by atoms with Crippen LogP contribution < -0.4 is 10.2 Å². The first kappa shape index (κ1) is 39.1. The minimum atomic E-state index is -4.61. The van der Waals surface area contributed by atoms with Gasteiger partial charge in [0.15, 0.2) is 0 Å². The molecule has 1 N–H and O–H groups in total. The fourth-order valence-electron chi connectivity index (χ4n) is 8.07. The van der Waals surface area contributed by atoms with Crippen molar-refractivity contribution in [1.29, 1.82) is 0 Å². The van der Waals surface area contributed by atoms with Crippen molar-refractivity contribution in [2.45, 2.75) is 50.6 Å². The van der Waals surface area contributed by atoms with Gasteiger partial charge in [0, 0.05) is 48.9 Å². The zero-order valence-corrected chi connectivity index (χ0v) is 31.7. The summed E-state index contributed by atoms with van der Waals surface area (Å²) in [4.78, 5) is 37.5. The van der Waals surface area contributed by atoms with Crippen LogP contribution in [0.4, 0.5) is 23.2 Å². The lowest BCUT2D eigenvalue weighted by Crippen LogP contribution is -2.53. The Morgan fingerprint density at radius 2 is 1.62 bits per heavy atom. The van der Waals surface area contributed by atoms with Crippen molar-refractivity contribution in [1.82, 2.24) is 20.1 Å². The van der Waals surface area contributed by atoms with Crippen LogP contribution in [-0.4, -0.2) is 99.0 Å². The van der Waals surface area contributed by atoms with Gasteiger partial charge in [0.2, 0.25) is 0 Å². The van der Waals surface area contributed by atoms with E-state index in [1.807, 2.05) is 73.7 Å². The highest BCUT2D eigenvalue weighted by Gasteiger charge is 2.46. The average molecular weight is 772 g/mol. The fraction of sp³-hybridized carbons (Fsp3) is 0.372. The van der Waals surface area contributed by atoms with Crippen molar-refractivity contribution in [3.8, 4) is 11.3 Å². The van der Waals surface area contributed by atoms with Crippen LogP contribution in [0.1, 0.15) is 39.9 Å². The second-order valence-corrected chi connectivity index (χ2v) is 14.8. The number of methoxy groups -OCH3 is 1. The monoisotopic (exact) mass is 771 g/mol. The highest BCUT2D eigenvalue weighted by atomic mass is 19.4. The quantitative estimate of drug-likeness (QED) is 0.112. The number of esters is 1. The van der Waals surface area contributed by atoms with Gasteiger partial charge in [0.1, 0.15) is 17.9 Å². The second-order valence-electron chi connectivity index (χ2n) is 14.8. The number of fused-ring (bicyclic) bond motifs is 2. The van der Waals surface area contributed by atoms with Crippen molar-refractivity contribution >= 4 is 39.1 Å². The molecule has 4 aromatic carbocycles. The number of anilines is 1. The van der Waals surface area contributed by atoms with E-state index in [2.05, 4.69) is 22.3 Å². The number of alkyl halides is 3. The number of ether oxygens (including phenoxy) is 2. The van der Waals surface area contributed by atoms with E-state index in [9.17, 15) is 22.8 Å². The Bertz CT molecular complexity index is 2240. The van der Waals surface area contributed by atoms with Crippen LogP contribution in [0.15, 0.2) is 79.0 Å². The maximum absolute atomic E-state index is 16.2. The number of pyridine rings is 1. The SMILES string of the molecule is COC(=O)[C@H](Cc1cccc2c(-c3nccc4c(CN(C)C)cccc34)cccc12)NC(=O)c1c(F)cc(N2CCOC[C@@H]2C(F)(F)F)cc1CN1CCCC1. The summed E-state index contributed by atoms with van der Waals surface area (Å²) in [6.07, 6.45) is -0.957. The number of morpholine rings is 1. The lowest BCUT2D eigenvalue weighted by Gasteiger charge is -2.38. The minimum Gasteiger partial charge on any atom is -0.467 e. The van der Waals surface area contributed by atoms with E-state index in [0.29, 0.717) is 13.1 Å². The molecule has 2 saturated heterocycles. The minimum absolute atomic E-state index is 0.0181. The number of rotatable bonds is 11. The molecule has 9 nitrogen and oxygen atoms in total. The number of nitrogens with one attached hydrogen (secondary N) is 1. The van der Waals surface area contributed by atoms with Gasteiger partial charge in [0.25, 0.3) is 5.91 Å². The summed E-state index contributed by atoms with van der Waals surface area (Å²) < 4.78 is 68.6. The summed E-state index contributed by atoms with van der Waals surface area (Å²) in [6, 6.07) is 19.1. The molecule has 2 atom stereocenters. The second kappa shape index (κ2) is 16.5. The highest BCUT2D eigenvalue weighted by molar-refractivity contribution is 6.05. The molecular formula is C43H45F4N5O4. The number of likely N-dealkylation sites (tertiary alicyclic amines) is 1. The lowest BCUT2D eigenvalue weighted by molar-refractivity contribution is -0.167. The molecule has 56 heavy (non-hydrogen) atoms. The normalized spacial score (nSPS) is 17.1. The number of benzene rings is 4. The number of amides is 1. The molecule has 0 saturated carbocycles. The number of carbonyl (C=O) groups is 2. The maximum atomic E-state index is 16.2. The van der Waals surface area contributed by atoms with E-state index in [1.165, 1.54) is 18.7 Å². The number of hydrogen-bond acceptors (Lipinski definition) is 8. The molecular weight excluding hydrogens is 726 g/mol. The molecule has 294 valence electrons. The van der Waals surface area contributed by atoms with Gasteiger partial charge in [-0.1, -0.05) is 54.6 Å². The van der Waals surface area contributed by atoms with Crippen molar-refractivity contribution in [3.63, 3.8) is 0 Å². The molecule has 0 unspecified atom stereocenters. The van der Waals surface area contributed by atoms with Gasteiger partial charge in [-0.2, -0.15) is 13.2 Å². The van der Waals surface area contributed by atoms with E-state index in [4.69, 9.17) is 14.5 Å². The van der Waals surface area contributed by atoms with Gasteiger partial charge in [-0.15, -0.1) is 0 Å². The third-order valence-corrected chi connectivity index (χ3v) is 10.7. The van der Waals surface area contributed by atoms with Crippen LogP contribution in [-0.2, 0) is 33.8 Å². The predicted molar refractivity (Wildman–Crippen MR) is 208 cm³/mol. The zero-order chi connectivity index (χ0) is 39.6. The van der Waals surface area contributed by atoms with Crippen LogP contribution in [0, 0.1) is 5.82 Å². The molecule has 0 aliphatic carbocycles. The predicted octanol–water partition coefficient (Wildman–Crippen LogP) is 7.13. The smallest absolute Gasteiger partial charge is 0.411 e. The van der Waals surface area contributed by atoms with Crippen molar-refractivity contribution in [3.05, 3.63) is 107 Å². The number of nitrogens with zero attached hydrogens (tertiary/aromatic N) is 4. The van der Waals surface area contributed by atoms with Gasteiger partial charge in [0.05, 0.1) is 31.6 Å². The average Bonchev–Trinajstić information content (AvgIpc) is 3.69. The summed E-state index contributed by atoms with van der Waals surface area (Å²) in [7, 11) is 5.27. The van der Waals surface area contributed by atoms with Crippen molar-refractivity contribution < 1.29 is 36.6 Å². The Morgan fingerprint density at radius 3 is 2.36 bits per heavy atom. The van der Waals surface area contributed by atoms with Crippen molar-refractivity contribution in [2.75, 3.05) is 59.0 Å². The highest BCUT2D eigenvalue weighted by Crippen LogP contribution is 2.36. The third-order valence-electron chi connectivity index (χ3n) is 10.7. The summed E-state index contributed by atoms with van der Waals surface area (Å²) in [6.45, 7) is 1.70. The van der Waals surface area contributed by atoms with Crippen LogP contribution >= 0.6 is 0 Å². The van der Waals surface area contributed by atoms with E-state index < -0.39 is 42.6 Å². The zero-order valence-electron chi connectivity index (χ0n) is 31.7. The molecule has 0 radical (unpaired) electrons. The maximum Gasteiger partial charge on any atom is 0.411 e. The molecule has 1 amide bonds. The first-order chi connectivity index (χ1) is 26.9. The number of halogens is 4. The third kappa shape index (κ3) is 8.21. The van der Waals surface area contributed by atoms with E-state index in [0.717, 1.165) is 68.7 Å². The first-order valence-electron chi connectivity index (χ1n) is 18.8. The molecule has 0 bridgehead atoms. The summed E-state index contributed by atoms with van der Waals surface area (Å²) in [5.74, 6) is -2.56. The molecule has 7 rings (SSSR count). The Morgan fingerprint density at radius 1 is 0.929 bits per heavy atom. The molecule has 2 aliphatic heterocycles. The number of hydrogen-bond donors (Lipinski definition) is 1. The standard InChI is InChI=1S/C43H45F4N5O4/c1-50(2)24-28-10-7-13-34-32(28)15-16-48-40(34)35-14-8-11-31-27(9-6-12-33(31)35)22-37(42(54)55-3)49-41(53)39-29(25-51-17-4-5-18-51)21-30(23-36(39)44)52-19-20-56-26-38(52)43(45,46)47/h6-16,21,23,37-38H,4-5,17-20,22,24-26H2,1-3H3,(H,49,53)/t37-,38+/m0/s1. The first-order valence-corrected chi connectivity index (χ1v) is 18.8. The van der Waals surface area contributed by atoms with Crippen LogP contribution in [0.5, 0.6) is 0 Å². The number of carbonyl (C=O) groups excluding carboxylic acids is 2. The molecule has 2 fully saturated rings. The Balaban J connectivity index is 1.22. The largest absolute Gasteiger partial charge is 0.467 e. The molecule has 0 spiro atoms. The molecule has 3 heterocycles. The van der Waals surface area contributed by atoms with Gasteiger partial charge in [-0.25, -0.2) is 9.18 Å². The topological polar surface area (TPSA) is 87.2 Å². The van der Waals surface area contributed by atoms with Gasteiger partial charge < -0.3 is 24.6 Å². The Labute approximate surface area is 323 Å². The lowest BCUT2D eigenvalue weighted by atomic mass is 9.92.